The molecule has 5 aliphatic rings. The van der Waals surface area contributed by atoms with E-state index in [2.05, 4.69) is 40.7 Å². The highest BCUT2D eigenvalue weighted by Crippen LogP contribution is 2.50. The third-order valence-corrected chi connectivity index (χ3v) is 10.2. The minimum atomic E-state index is -1.86. The Labute approximate surface area is 250 Å². The van der Waals surface area contributed by atoms with Crippen LogP contribution in [-0.4, -0.2) is 66.1 Å². The van der Waals surface area contributed by atoms with Crippen molar-refractivity contribution in [3.05, 3.63) is 35.5 Å². The molecule has 0 radical (unpaired) electrons. The van der Waals surface area contributed by atoms with Crippen molar-refractivity contribution < 1.29 is 38.4 Å². The van der Waals surface area contributed by atoms with Gasteiger partial charge in [-0.05, 0) is 62.4 Å². The number of hydrogen-bond donors (Lipinski definition) is 1. The quantitative estimate of drug-likeness (QED) is 0.338. The molecule has 1 saturated carbocycles. The Morgan fingerprint density at radius 1 is 1.05 bits per heavy atom. The molecule has 1 aliphatic carbocycles. The molecule has 4 aliphatic heterocycles. The number of allylic oxidation sites excluding steroid dienone is 4. The van der Waals surface area contributed by atoms with Crippen molar-refractivity contribution in [1.82, 2.24) is 0 Å². The van der Waals surface area contributed by atoms with E-state index in [1.54, 1.807) is 19.3 Å². The van der Waals surface area contributed by atoms with Crippen LogP contribution in [0.2, 0.25) is 0 Å². The zero-order valence-electron chi connectivity index (χ0n) is 26.3. The lowest BCUT2D eigenvalue weighted by molar-refractivity contribution is -0.340. The highest BCUT2D eigenvalue weighted by molar-refractivity contribution is 5.96. The maximum absolute atomic E-state index is 14.1. The van der Waals surface area contributed by atoms with Gasteiger partial charge in [0.15, 0.2) is 11.9 Å². The first-order valence-corrected chi connectivity index (χ1v) is 15.9. The SMILES string of the molecule is CO[C@H]1[C@H]2OC(=O)/C3=C\C=C\[C@H](C)C/C(C)=C/C[C@@H]4C[C@@H](C[C@]5(CC[C@H](C)[C@@H](C(C)C)O5)O4)OC(=O)[C@H](C[C@@H]1C)[C@]32O. The second-order valence-corrected chi connectivity index (χ2v) is 14.0. The van der Waals surface area contributed by atoms with E-state index in [9.17, 15) is 14.7 Å². The van der Waals surface area contributed by atoms with Crippen LogP contribution in [0.1, 0.15) is 86.5 Å². The number of hydrogen-bond acceptors (Lipinski definition) is 8. The summed E-state index contributed by atoms with van der Waals surface area (Å²) >= 11 is 0. The predicted octanol–water partition coefficient (Wildman–Crippen LogP) is 5.43. The number of methoxy groups -OCH3 is 1. The number of esters is 2. The van der Waals surface area contributed by atoms with Crippen LogP contribution in [0, 0.1) is 29.6 Å². The molecule has 1 N–H and O–H groups in total. The third kappa shape index (κ3) is 5.89. The lowest BCUT2D eigenvalue weighted by Gasteiger charge is -2.51. The fourth-order valence-electron chi connectivity index (χ4n) is 8.11. The van der Waals surface area contributed by atoms with Crippen LogP contribution in [0.3, 0.4) is 0 Å². The molecule has 42 heavy (non-hydrogen) atoms. The maximum atomic E-state index is 14.1. The van der Waals surface area contributed by atoms with Crippen LogP contribution in [0.25, 0.3) is 0 Å². The molecule has 234 valence electrons. The van der Waals surface area contributed by atoms with Gasteiger partial charge in [0.1, 0.15) is 11.7 Å². The summed E-state index contributed by atoms with van der Waals surface area (Å²) in [6.07, 6.45) is 10.1. The Morgan fingerprint density at radius 3 is 2.52 bits per heavy atom. The third-order valence-electron chi connectivity index (χ3n) is 10.2. The summed E-state index contributed by atoms with van der Waals surface area (Å²) in [4.78, 5) is 27.2. The zero-order chi connectivity index (χ0) is 30.4. The first kappa shape index (κ1) is 31.4. The molecule has 2 bridgehead atoms. The van der Waals surface area contributed by atoms with Crippen LogP contribution in [-0.2, 0) is 33.3 Å². The molecule has 8 nitrogen and oxygen atoms in total. The average Bonchev–Trinajstić information content (AvgIpc) is 3.17. The first-order chi connectivity index (χ1) is 19.9. The van der Waals surface area contributed by atoms with E-state index in [-0.39, 0.29) is 29.6 Å². The number of aliphatic hydroxyl groups is 1. The molecule has 5 rings (SSSR count). The lowest BCUT2D eigenvalue weighted by Crippen LogP contribution is -2.61. The molecular weight excluding hydrogens is 536 g/mol. The molecule has 0 aromatic heterocycles. The summed E-state index contributed by atoms with van der Waals surface area (Å²) in [5.74, 6) is -2.13. The van der Waals surface area contributed by atoms with E-state index in [0.717, 1.165) is 19.3 Å². The van der Waals surface area contributed by atoms with Crippen LogP contribution >= 0.6 is 0 Å². The number of ether oxygens (including phenoxy) is 5. The minimum Gasteiger partial charge on any atom is -0.462 e. The van der Waals surface area contributed by atoms with Gasteiger partial charge < -0.3 is 28.8 Å². The van der Waals surface area contributed by atoms with Gasteiger partial charge in [-0.2, -0.15) is 0 Å². The molecule has 8 heteroatoms. The summed E-state index contributed by atoms with van der Waals surface area (Å²) in [5, 5.41) is 12.3. The molecular formula is C34H50O8. The van der Waals surface area contributed by atoms with Crippen molar-refractivity contribution in [2.75, 3.05) is 7.11 Å². The molecule has 11 atom stereocenters. The number of carbonyl (C=O) groups is 2. The topological polar surface area (TPSA) is 101 Å². The van der Waals surface area contributed by atoms with Crippen LogP contribution in [0.5, 0.6) is 0 Å². The Morgan fingerprint density at radius 2 is 1.81 bits per heavy atom. The Bertz CT molecular complexity index is 1120. The largest absolute Gasteiger partial charge is 0.462 e. The fraction of sp³-hybridized carbons (Fsp3) is 0.765. The average molecular weight is 587 g/mol. The fourth-order valence-corrected chi connectivity index (χ4v) is 8.11. The number of carbonyl (C=O) groups excluding carboxylic acids is 2. The van der Waals surface area contributed by atoms with Crippen molar-refractivity contribution in [1.29, 1.82) is 0 Å². The summed E-state index contributed by atoms with van der Waals surface area (Å²) in [6.45, 7) is 12.8. The molecule has 0 aromatic carbocycles. The number of rotatable bonds is 2. The number of fused-ring (bicyclic) bond motifs is 2. The second-order valence-electron chi connectivity index (χ2n) is 14.0. The summed E-state index contributed by atoms with van der Waals surface area (Å²) in [5.41, 5.74) is -0.536. The van der Waals surface area contributed by atoms with Crippen LogP contribution in [0.4, 0.5) is 0 Å². The minimum absolute atomic E-state index is 0.0533. The summed E-state index contributed by atoms with van der Waals surface area (Å²) in [7, 11) is 1.54. The molecule has 1 spiro atoms. The van der Waals surface area contributed by atoms with Gasteiger partial charge in [-0.15, -0.1) is 0 Å². The van der Waals surface area contributed by atoms with Crippen LogP contribution in [0.15, 0.2) is 35.5 Å². The van der Waals surface area contributed by atoms with Crippen LogP contribution < -0.4 is 0 Å². The normalized spacial score (nSPS) is 48.0. The smallest absolute Gasteiger partial charge is 0.337 e. The lowest BCUT2D eigenvalue weighted by atomic mass is 9.66. The van der Waals surface area contributed by atoms with Crippen molar-refractivity contribution in [2.24, 2.45) is 29.6 Å². The molecule has 3 saturated heterocycles. The summed E-state index contributed by atoms with van der Waals surface area (Å²) < 4.78 is 31.2. The van der Waals surface area contributed by atoms with Gasteiger partial charge in [0, 0.05) is 26.4 Å². The highest BCUT2D eigenvalue weighted by Gasteiger charge is 2.66. The van der Waals surface area contributed by atoms with E-state index in [1.807, 2.05) is 13.0 Å². The van der Waals surface area contributed by atoms with E-state index < -0.39 is 47.6 Å². The van der Waals surface area contributed by atoms with Gasteiger partial charge in [0.2, 0.25) is 0 Å². The Hall–Kier alpha value is -2.00. The summed E-state index contributed by atoms with van der Waals surface area (Å²) in [6, 6.07) is 0. The maximum Gasteiger partial charge on any atom is 0.337 e. The second kappa shape index (κ2) is 12.2. The Balaban J connectivity index is 1.52. The van der Waals surface area contributed by atoms with Crippen molar-refractivity contribution in [3.63, 3.8) is 0 Å². The van der Waals surface area contributed by atoms with E-state index in [1.165, 1.54) is 5.57 Å². The van der Waals surface area contributed by atoms with Gasteiger partial charge in [-0.3, -0.25) is 4.79 Å². The van der Waals surface area contributed by atoms with Gasteiger partial charge in [0.25, 0.3) is 0 Å². The van der Waals surface area contributed by atoms with Crippen molar-refractivity contribution in [2.45, 2.75) is 128 Å². The van der Waals surface area contributed by atoms with Gasteiger partial charge in [0.05, 0.1) is 29.8 Å². The molecule has 4 fully saturated rings. The zero-order valence-corrected chi connectivity index (χ0v) is 26.3. The molecule has 0 amide bonds. The molecule has 0 unspecified atom stereocenters. The molecule has 0 aromatic rings. The predicted molar refractivity (Wildman–Crippen MR) is 157 cm³/mol. The van der Waals surface area contributed by atoms with E-state index in [4.69, 9.17) is 23.7 Å². The standard InChI is InChI=1S/C34H50O8/c1-19(2)28-22(5)13-14-33(42-28)18-25-17-24(41-33)12-11-21(4)15-20(3)9-8-10-26-31(35)40-30-29(38-7)23(6)16-27(32(36)39-25)34(26,30)37/h8-11,19-20,22-25,27-30,37H,12-18H2,1-7H3/b9-8+,21-11+,26-10+/t20-,22-,23-,24+,25-,27-,28+,29+,30+,33+,34+/m0/s1. The van der Waals surface area contributed by atoms with Crippen molar-refractivity contribution >= 4 is 11.9 Å². The first-order valence-electron chi connectivity index (χ1n) is 15.9. The van der Waals surface area contributed by atoms with Gasteiger partial charge in [-0.25, -0.2) is 4.79 Å². The Kier molecular flexibility index (Phi) is 9.11. The van der Waals surface area contributed by atoms with Gasteiger partial charge >= 0.3 is 11.9 Å². The van der Waals surface area contributed by atoms with Gasteiger partial charge in [-0.1, -0.05) is 58.4 Å². The molecule has 4 heterocycles. The monoisotopic (exact) mass is 586 g/mol. The highest BCUT2D eigenvalue weighted by atomic mass is 16.7. The van der Waals surface area contributed by atoms with E-state index in [0.29, 0.717) is 37.5 Å². The van der Waals surface area contributed by atoms with Crippen molar-refractivity contribution in [3.8, 4) is 0 Å². The van der Waals surface area contributed by atoms with E-state index >= 15 is 0 Å².